The Hall–Kier alpha value is -0.530. The van der Waals surface area contributed by atoms with Crippen molar-refractivity contribution in [3.05, 3.63) is 27.1 Å². The summed E-state index contributed by atoms with van der Waals surface area (Å²) < 4.78 is 2.06. The molecule has 4 heteroatoms. The summed E-state index contributed by atoms with van der Waals surface area (Å²) in [7, 11) is 0. The van der Waals surface area contributed by atoms with Crippen LogP contribution in [0.1, 0.15) is 12.8 Å². The van der Waals surface area contributed by atoms with Crippen LogP contribution >= 0.6 is 31.9 Å². The molecular formula is C10H10Br2N2. The first-order chi connectivity index (χ1) is 6.75. The van der Waals surface area contributed by atoms with E-state index in [0.717, 1.165) is 27.6 Å². The molecule has 0 atom stereocenters. The van der Waals surface area contributed by atoms with Gasteiger partial charge in [-0.25, -0.2) is 0 Å². The van der Waals surface area contributed by atoms with Gasteiger partial charge in [-0.15, -0.1) is 0 Å². The van der Waals surface area contributed by atoms with Crippen LogP contribution in [0.4, 0.5) is 5.69 Å². The molecule has 0 fully saturated rings. The molecule has 0 saturated heterocycles. The zero-order chi connectivity index (χ0) is 10.4. The van der Waals surface area contributed by atoms with Crippen LogP contribution in [-0.2, 0) is 0 Å². The second kappa shape index (κ2) is 6.05. The molecule has 1 aromatic carbocycles. The molecule has 0 spiro atoms. The first kappa shape index (κ1) is 11.5. The number of nitrogens with one attached hydrogen (secondary N) is 1. The van der Waals surface area contributed by atoms with Crippen molar-refractivity contribution in [2.45, 2.75) is 12.8 Å². The third kappa shape index (κ3) is 3.32. The number of hydrogen-bond donors (Lipinski definition) is 1. The molecule has 0 saturated carbocycles. The van der Waals surface area contributed by atoms with Crippen molar-refractivity contribution in [1.29, 1.82) is 5.26 Å². The summed E-state index contributed by atoms with van der Waals surface area (Å²) in [5, 5.41) is 11.6. The van der Waals surface area contributed by atoms with Gasteiger partial charge in [0, 0.05) is 21.9 Å². The summed E-state index contributed by atoms with van der Waals surface area (Å²) in [6.07, 6.45) is 1.46. The predicted octanol–water partition coefficient (Wildman–Crippen LogP) is 3.93. The van der Waals surface area contributed by atoms with Gasteiger partial charge in [-0.05, 0) is 50.4 Å². The fourth-order valence-corrected chi connectivity index (χ4v) is 2.33. The molecule has 1 rings (SSSR count). The Morgan fingerprint density at radius 2 is 1.93 bits per heavy atom. The lowest BCUT2D eigenvalue weighted by molar-refractivity contribution is 0.896. The van der Waals surface area contributed by atoms with E-state index in [-0.39, 0.29) is 0 Å². The largest absolute Gasteiger partial charge is 0.383 e. The van der Waals surface area contributed by atoms with Crippen molar-refractivity contribution >= 4 is 37.5 Å². The Morgan fingerprint density at radius 1 is 1.29 bits per heavy atom. The van der Waals surface area contributed by atoms with E-state index < -0.39 is 0 Å². The van der Waals surface area contributed by atoms with Crippen molar-refractivity contribution < 1.29 is 0 Å². The fraction of sp³-hybridized carbons (Fsp3) is 0.300. The van der Waals surface area contributed by atoms with Crippen LogP contribution in [0.15, 0.2) is 27.1 Å². The topological polar surface area (TPSA) is 35.8 Å². The maximum Gasteiger partial charge on any atom is 0.0628 e. The molecule has 0 unspecified atom stereocenters. The minimum Gasteiger partial charge on any atom is -0.383 e. The number of nitrogens with zero attached hydrogens (tertiary/aromatic N) is 1. The van der Waals surface area contributed by atoms with E-state index in [1.54, 1.807) is 0 Å². The van der Waals surface area contributed by atoms with Gasteiger partial charge in [0.1, 0.15) is 0 Å². The summed E-state index contributed by atoms with van der Waals surface area (Å²) in [4.78, 5) is 0. The van der Waals surface area contributed by atoms with Crippen LogP contribution in [0.3, 0.4) is 0 Å². The summed E-state index contributed by atoms with van der Waals surface area (Å²) >= 11 is 6.92. The highest BCUT2D eigenvalue weighted by molar-refractivity contribution is 9.11. The van der Waals surface area contributed by atoms with E-state index in [1.807, 2.05) is 18.2 Å². The van der Waals surface area contributed by atoms with Crippen LogP contribution in [0.25, 0.3) is 0 Å². The molecule has 0 aliphatic carbocycles. The molecule has 0 aliphatic heterocycles. The van der Waals surface area contributed by atoms with E-state index in [9.17, 15) is 0 Å². The van der Waals surface area contributed by atoms with Crippen LogP contribution in [0, 0.1) is 11.3 Å². The van der Waals surface area contributed by atoms with Gasteiger partial charge in [-0.3, -0.25) is 0 Å². The van der Waals surface area contributed by atoms with Crippen molar-refractivity contribution in [3.63, 3.8) is 0 Å². The third-order valence-corrected chi connectivity index (χ3v) is 3.05. The fourth-order valence-electron chi connectivity index (χ4n) is 1.05. The van der Waals surface area contributed by atoms with Crippen molar-refractivity contribution in [3.8, 4) is 6.07 Å². The summed E-state index contributed by atoms with van der Waals surface area (Å²) in [6, 6.07) is 8.05. The van der Waals surface area contributed by atoms with E-state index >= 15 is 0 Å². The van der Waals surface area contributed by atoms with Gasteiger partial charge < -0.3 is 5.32 Å². The highest BCUT2D eigenvalue weighted by atomic mass is 79.9. The molecule has 2 nitrogen and oxygen atoms in total. The summed E-state index contributed by atoms with van der Waals surface area (Å²) in [6.45, 7) is 0.814. The maximum atomic E-state index is 8.38. The molecule has 0 aromatic heterocycles. The highest BCUT2D eigenvalue weighted by Crippen LogP contribution is 2.30. The van der Waals surface area contributed by atoms with Crippen molar-refractivity contribution in [2.24, 2.45) is 0 Å². The Labute approximate surface area is 101 Å². The number of benzene rings is 1. The molecular weight excluding hydrogens is 308 g/mol. The summed E-state index contributed by atoms with van der Waals surface area (Å²) in [5.74, 6) is 0. The molecule has 0 amide bonds. The molecule has 1 N–H and O–H groups in total. The van der Waals surface area contributed by atoms with Crippen LogP contribution in [0.5, 0.6) is 0 Å². The molecule has 0 bridgehead atoms. The van der Waals surface area contributed by atoms with E-state index in [1.165, 1.54) is 0 Å². The average Bonchev–Trinajstić information content (AvgIpc) is 2.16. The van der Waals surface area contributed by atoms with Gasteiger partial charge in [-0.1, -0.05) is 6.07 Å². The van der Waals surface area contributed by atoms with Gasteiger partial charge in [0.25, 0.3) is 0 Å². The molecule has 0 heterocycles. The lowest BCUT2D eigenvalue weighted by atomic mass is 10.3. The number of anilines is 1. The van der Waals surface area contributed by atoms with E-state index in [4.69, 9.17) is 5.26 Å². The molecule has 14 heavy (non-hydrogen) atoms. The molecule has 74 valence electrons. The van der Waals surface area contributed by atoms with Crippen LogP contribution in [0.2, 0.25) is 0 Å². The highest BCUT2D eigenvalue weighted by Gasteiger charge is 2.02. The average molecular weight is 318 g/mol. The van der Waals surface area contributed by atoms with Crippen LogP contribution in [-0.4, -0.2) is 6.54 Å². The van der Waals surface area contributed by atoms with Gasteiger partial charge >= 0.3 is 0 Å². The van der Waals surface area contributed by atoms with Crippen LogP contribution < -0.4 is 5.32 Å². The molecule has 1 aromatic rings. The normalized spacial score (nSPS) is 9.50. The Balaban J connectivity index is 2.54. The van der Waals surface area contributed by atoms with Gasteiger partial charge in [0.05, 0.1) is 11.8 Å². The number of nitriles is 1. The quantitative estimate of drug-likeness (QED) is 0.854. The second-order valence-electron chi connectivity index (χ2n) is 2.79. The Morgan fingerprint density at radius 3 is 2.50 bits per heavy atom. The second-order valence-corrected chi connectivity index (χ2v) is 4.49. The smallest absolute Gasteiger partial charge is 0.0628 e. The molecule has 0 aliphatic rings. The zero-order valence-corrected chi connectivity index (χ0v) is 10.7. The first-order valence-corrected chi connectivity index (χ1v) is 5.89. The number of unbranched alkanes of at least 4 members (excludes halogenated alkanes) is 1. The molecule has 0 radical (unpaired) electrons. The number of hydrogen-bond acceptors (Lipinski definition) is 2. The minimum atomic E-state index is 0.592. The van der Waals surface area contributed by atoms with E-state index in [2.05, 4.69) is 43.2 Å². The number of halogens is 2. The first-order valence-electron chi connectivity index (χ1n) is 4.30. The van der Waals surface area contributed by atoms with Crippen molar-refractivity contribution in [2.75, 3.05) is 11.9 Å². The van der Waals surface area contributed by atoms with Crippen molar-refractivity contribution in [1.82, 2.24) is 0 Å². The lowest BCUT2D eigenvalue weighted by Gasteiger charge is -2.09. The van der Waals surface area contributed by atoms with Gasteiger partial charge in [0.15, 0.2) is 0 Å². The zero-order valence-electron chi connectivity index (χ0n) is 7.56. The lowest BCUT2D eigenvalue weighted by Crippen LogP contribution is -2.02. The number of para-hydroxylation sites is 1. The SMILES string of the molecule is N#CCCCNc1c(Br)cccc1Br. The minimum absolute atomic E-state index is 0.592. The Bertz CT molecular complexity index is 324. The predicted molar refractivity (Wildman–Crippen MR) is 65.2 cm³/mol. The Kier molecular flexibility index (Phi) is 4.99. The summed E-state index contributed by atoms with van der Waals surface area (Å²) in [5.41, 5.74) is 1.05. The van der Waals surface area contributed by atoms with Gasteiger partial charge in [-0.2, -0.15) is 5.26 Å². The maximum absolute atomic E-state index is 8.38. The third-order valence-electron chi connectivity index (χ3n) is 1.73. The standard InChI is InChI=1S/C10H10Br2N2/c11-8-4-3-5-9(12)10(8)14-7-2-1-6-13/h3-5,14H,1-2,7H2. The van der Waals surface area contributed by atoms with E-state index in [0.29, 0.717) is 6.42 Å². The monoisotopic (exact) mass is 316 g/mol. The van der Waals surface area contributed by atoms with Gasteiger partial charge in [0.2, 0.25) is 0 Å². The number of rotatable bonds is 4.